The second-order valence-electron chi connectivity index (χ2n) is 3.52. The molecule has 1 aliphatic rings. The van der Waals surface area contributed by atoms with Crippen LogP contribution in [0.3, 0.4) is 0 Å². The zero-order valence-electron chi connectivity index (χ0n) is 9.13. The molecule has 1 saturated heterocycles. The van der Waals surface area contributed by atoms with Crippen LogP contribution in [0.15, 0.2) is 18.3 Å². The van der Waals surface area contributed by atoms with E-state index in [4.69, 9.17) is 4.74 Å². The molecule has 0 bridgehead atoms. The summed E-state index contributed by atoms with van der Waals surface area (Å²) in [4.78, 5) is 4.23. The first-order chi connectivity index (χ1) is 7.83. The van der Waals surface area contributed by atoms with E-state index in [9.17, 15) is 5.11 Å². The van der Waals surface area contributed by atoms with Crippen molar-refractivity contribution in [2.45, 2.75) is 11.4 Å². The lowest BCUT2D eigenvalue weighted by Gasteiger charge is -2.26. The highest BCUT2D eigenvalue weighted by Gasteiger charge is 2.27. The van der Waals surface area contributed by atoms with Gasteiger partial charge in [0, 0.05) is 28.7 Å². The number of rotatable bonds is 3. The molecule has 2 unspecified atom stereocenters. The Balaban J connectivity index is 2.15. The molecule has 0 saturated carbocycles. The summed E-state index contributed by atoms with van der Waals surface area (Å²) in [5, 5.41) is 10.5. The van der Waals surface area contributed by atoms with Gasteiger partial charge in [-0.25, -0.2) is 0 Å². The maximum atomic E-state index is 10.3. The molecule has 1 aromatic rings. The van der Waals surface area contributed by atoms with Gasteiger partial charge in [-0.2, -0.15) is 23.5 Å². The van der Waals surface area contributed by atoms with Crippen LogP contribution in [0.4, 0.5) is 0 Å². The molecule has 0 amide bonds. The summed E-state index contributed by atoms with van der Waals surface area (Å²) < 4.78 is 5.22. The number of aromatic nitrogens is 1. The van der Waals surface area contributed by atoms with Crippen molar-refractivity contribution in [1.29, 1.82) is 0 Å². The third-order valence-corrected chi connectivity index (χ3v) is 5.34. The Morgan fingerprint density at radius 3 is 3.12 bits per heavy atom. The lowest BCUT2D eigenvalue weighted by Crippen LogP contribution is -2.23. The minimum atomic E-state index is -0.533. The minimum absolute atomic E-state index is 0.225. The molecule has 1 aromatic heterocycles. The van der Waals surface area contributed by atoms with Crippen molar-refractivity contribution >= 4 is 23.5 Å². The fourth-order valence-electron chi connectivity index (χ4n) is 1.66. The molecule has 1 fully saturated rings. The van der Waals surface area contributed by atoms with Crippen molar-refractivity contribution in [3.8, 4) is 5.75 Å². The third-order valence-electron chi connectivity index (χ3n) is 2.49. The predicted octanol–water partition coefficient (Wildman–Crippen LogP) is 1.97. The number of hydrogen-bond acceptors (Lipinski definition) is 5. The Kier molecular flexibility index (Phi) is 4.37. The van der Waals surface area contributed by atoms with Crippen LogP contribution in [-0.4, -0.2) is 39.7 Å². The number of aliphatic hydroxyl groups excluding tert-OH is 1. The van der Waals surface area contributed by atoms with E-state index in [1.807, 2.05) is 35.7 Å². The molecular weight excluding hydrogens is 242 g/mol. The van der Waals surface area contributed by atoms with E-state index in [1.165, 1.54) is 5.75 Å². The van der Waals surface area contributed by atoms with Crippen LogP contribution in [0.25, 0.3) is 0 Å². The van der Waals surface area contributed by atoms with E-state index in [2.05, 4.69) is 4.98 Å². The van der Waals surface area contributed by atoms with Gasteiger partial charge >= 0.3 is 0 Å². The zero-order chi connectivity index (χ0) is 11.4. The first kappa shape index (κ1) is 12.1. The van der Waals surface area contributed by atoms with Gasteiger partial charge in [0.1, 0.15) is 17.5 Å². The first-order valence-electron chi connectivity index (χ1n) is 5.19. The average molecular weight is 257 g/mol. The van der Waals surface area contributed by atoms with Crippen LogP contribution in [0, 0.1) is 0 Å². The molecule has 0 spiro atoms. The summed E-state index contributed by atoms with van der Waals surface area (Å²) >= 11 is 3.71. The van der Waals surface area contributed by atoms with Crippen molar-refractivity contribution in [3.63, 3.8) is 0 Å². The molecule has 5 heteroatoms. The van der Waals surface area contributed by atoms with Crippen molar-refractivity contribution in [3.05, 3.63) is 24.0 Å². The average Bonchev–Trinajstić information content (AvgIpc) is 2.39. The van der Waals surface area contributed by atoms with Gasteiger partial charge < -0.3 is 9.84 Å². The van der Waals surface area contributed by atoms with Gasteiger partial charge in [0.25, 0.3) is 0 Å². The van der Waals surface area contributed by atoms with Crippen LogP contribution < -0.4 is 4.74 Å². The SMILES string of the molecule is COc1cccnc1C(O)C1CSCCS1. The highest BCUT2D eigenvalue weighted by atomic mass is 32.2. The van der Waals surface area contributed by atoms with Gasteiger partial charge in [0.15, 0.2) is 0 Å². The highest BCUT2D eigenvalue weighted by molar-refractivity contribution is 8.06. The van der Waals surface area contributed by atoms with Gasteiger partial charge in [-0.05, 0) is 12.1 Å². The smallest absolute Gasteiger partial charge is 0.143 e. The van der Waals surface area contributed by atoms with Crippen molar-refractivity contribution in [2.24, 2.45) is 0 Å². The van der Waals surface area contributed by atoms with Gasteiger partial charge in [0.05, 0.1) is 7.11 Å². The van der Waals surface area contributed by atoms with Gasteiger partial charge in [-0.3, -0.25) is 4.98 Å². The monoisotopic (exact) mass is 257 g/mol. The molecule has 2 heterocycles. The van der Waals surface area contributed by atoms with Crippen molar-refractivity contribution < 1.29 is 9.84 Å². The fourth-order valence-corrected chi connectivity index (χ4v) is 4.39. The van der Waals surface area contributed by atoms with E-state index in [0.717, 1.165) is 11.5 Å². The molecule has 1 N–H and O–H groups in total. The van der Waals surface area contributed by atoms with Crippen LogP contribution in [0.2, 0.25) is 0 Å². The molecule has 0 radical (unpaired) electrons. The van der Waals surface area contributed by atoms with Crippen molar-refractivity contribution in [1.82, 2.24) is 4.98 Å². The first-order valence-corrected chi connectivity index (χ1v) is 7.39. The topological polar surface area (TPSA) is 42.4 Å². The molecule has 2 atom stereocenters. The lowest BCUT2D eigenvalue weighted by atomic mass is 10.1. The maximum Gasteiger partial charge on any atom is 0.143 e. The Morgan fingerprint density at radius 2 is 2.44 bits per heavy atom. The molecule has 0 aromatic carbocycles. The molecule has 16 heavy (non-hydrogen) atoms. The number of hydrogen-bond donors (Lipinski definition) is 1. The van der Waals surface area contributed by atoms with Gasteiger partial charge in [0.2, 0.25) is 0 Å². The largest absolute Gasteiger partial charge is 0.495 e. The van der Waals surface area contributed by atoms with Crippen LogP contribution >= 0.6 is 23.5 Å². The van der Waals surface area contributed by atoms with E-state index in [1.54, 1.807) is 13.3 Å². The van der Waals surface area contributed by atoms with E-state index in [-0.39, 0.29) is 5.25 Å². The fraction of sp³-hybridized carbons (Fsp3) is 0.545. The second kappa shape index (κ2) is 5.80. The number of nitrogens with zero attached hydrogens (tertiary/aromatic N) is 1. The summed E-state index contributed by atoms with van der Waals surface area (Å²) in [7, 11) is 1.61. The summed E-state index contributed by atoms with van der Waals surface area (Å²) in [6.45, 7) is 0. The third kappa shape index (κ3) is 2.64. The highest BCUT2D eigenvalue weighted by Crippen LogP contribution is 2.35. The summed E-state index contributed by atoms with van der Waals surface area (Å²) in [5.41, 5.74) is 0.657. The Morgan fingerprint density at radius 1 is 1.56 bits per heavy atom. The van der Waals surface area contributed by atoms with E-state index in [0.29, 0.717) is 11.4 Å². The molecule has 0 aliphatic carbocycles. The summed E-state index contributed by atoms with van der Waals surface area (Å²) in [6.07, 6.45) is 1.16. The molecule has 88 valence electrons. The second-order valence-corrected chi connectivity index (χ2v) is 6.02. The minimum Gasteiger partial charge on any atom is -0.495 e. The molecular formula is C11H15NO2S2. The Labute approximate surface area is 104 Å². The molecule has 3 nitrogen and oxygen atoms in total. The number of thioether (sulfide) groups is 2. The number of pyridine rings is 1. The number of methoxy groups -OCH3 is 1. The molecule has 2 rings (SSSR count). The Hall–Kier alpha value is -0.390. The van der Waals surface area contributed by atoms with Gasteiger partial charge in [-0.15, -0.1) is 0 Å². The van der Waals surface area contributed by atoms with Crippen LogP contribution in [0.1, 0.15) is 11.8 Å². The predicted molar refractivity (Wildman–Crippen MR) is 69.3 cm³/mol. The number of ether oxygens (including phenoxy) is 1. The quantitative estimate of drug-likeness (QED) is 0.896. The zero-order valence-corrected chi connectivity index (χ0v) is 10.8. The Bertz CT molecular complexity index is 343. The standard InChI is InChI=1S/C11H15NO2S2/c1-14-8-3-2-4-12-10(8)11(13)9-7-15-5-6-16-9/h2-4,9,11,13H,5-7H2,1H3. The van der Waals surface area contributed by atoms with Crippen LogP contribution in [0.5, 0.6) is 5.75 Å². The summed E-state index contributed by atoms with van der Waals surface area (Å²) in [6, 6.07) is 3.66. The lowest BCUT2D eigenvalue weighted by molar-refractivity contribution is 0.171. The molecule has 1 aliphatic heterocycles. The van der Waals surface area contributed by atoms with Crippen LogP contribution in [-0.2, 0) is 0 Å². The summed E-state index contributed by atoms with van der Waals surface area (Å²) in [5.74, 6) is 3.92. The maximum absolute atomic E-state index is 10.3. The van der Waals surface area contributed by atoms with Gasteiger partial charge in [-0.1, -0.05) is 0 Å². The van der Waals surface area contributed by atoms with E-state index < -0.39 is 6.10 Å². The normalized spacial score (nSPS) is 22.8. The van der Waals surface area contributed by atoms with Crippen molar-refractivity contribution in [2.75, 3.05) is 24.4 Å². The van der Waals surface area contributed by atoms with E-state index >= 15 is 0 Å². The number of aliphatic hydroxyl groups is 1.